The van der Waals surface area contributed by atoms with Crippen LogP contribution in [0.5, 0.6) is 11.5 Å². The molecule has 0 saturated carbocycles. The van der Waals surface area contributed by atoms with Crippen LogP contribution in [0.15, 0.2) is 62.3 Å². The van der Waals surface area contributed by atoms with Crippen LogP contribution in [0.3, 0.4) is 0 Å². The summed E-state index contributed by atoms with van der Waals surface area (Å²) in [6.07, 6.45) is 1.74. The summed E-state index contributed by atoms with van der Waals surface area (Å²) in [5.74, 6) is 1.29. The van der Waals surface area contributed by atoms with E-state index in [9.17, 15) is 4.79 Å². The maximum atomic E-state index is 11.9. The van der Waals surface area contributed by atoms with E-state index in [1.54, 1.807) is 37.2 Å². The molecule has 0 aliphatic carbocycles. The highest BCUT2D eigenvalue weighted by atomic mass is 79.9. The standard InChI is InChI=1S/C19H14BrN3O4/c1-25-13-5-11(6-14(8-13)26-2)16-10-23(22-21-16)17-9-19(24)27-18-4-3-12(20)7-15(17)18/h3-10H,1-2H3. The van der Waals surface area contributed by atoms with E-state index in [2.05, 4.69) is 26.2 Å². The molecule has 8 heteroatoms. The van der Waals surface area contributed by atoms with E-state index >= 15 is 0 Å². The van der Waals surface area contributed by atoms with Crippen molar-refractivity contribution in [2.75, 3.05) is 14.2 Å². The average Bonchev–Trinajstić information content (AvgIpc) is 3.17. The zero-order chi connectivity index (χ0) is 19.0. The maximum Gasteiger partial charge on any atom is 0.338 e. The van der Waals surface area contributed by atoms with Crippen molar-refractivity contribution in [2.45, 2.75) is 0 Å². The SMILES string of the molecule is COc1cc(OC)cc(-c2cn(-c3cc(=O)oc4ccc(Br)cc34)nn2)c1. The molecule has 4 rings (SSSR count). The molecular weight excluding hydrogens is 414 g/mol. The first-order valence-electron chi connectivity index (χ1n) is 7.97. The largest absolute Gasteiger partial charge is 0.497 e. The van der Waals surface area contributed by atoms with Gasteiger partial charge in [-0.05, 0) is 30.3 Å². The zero-order valence-electron chi connectivity index (χ0n) is 14.5. The summed E-state index contributed by atoms with van der Waals surface area (Å²) in [5.41, 5.74) is 1.99. The number of hydrogen-bond acceptors (Lipinski definition) is 6. The number of benzene rings is 2. The van der Waals surface area contributed by atoms with E-state index in [4.69, 9.17) is 13.9 Å². The predicted octanol–water partition coefficient (Wildman–Crippen LogP) is 3.82. The van der Waals surface area contributed by atoms with Crippen molar-refractivity contribution in [3.05, 3.63) is 63.6 Å². The van der Waals surface area contributed by atoms with Gasteiger partial charge in [0.2, 0.25) is 0 Å². The second kappa shape index (κ2) is 6.88. The molecule has 0 amide bonds. The van der Waals surface area contributed by atoms with E-state index in [1.165, 1.54) is 6.07 Å². The fourth-order valence-corrected chi connectivity index (χ4v) is 3.14. The van der Waals surface area contributed by atoms with E-state index in [1.807, 2.05) is 24.3 Å². The fraction of sp³-hybridized carbons (Fsp3) is 0.105. The Kier molecular flexibility index (Phi) is 4.41. The van der Waals surface area contributed by atoms with Gasteiger partial charge in [0.15, 0.2) is 0 Å². The van der Waals surface area contributed by atoms with E-state index in [-0.39, 0.29) is 0 Å². The molecule has 0 N–H and O–H groups in total. The first-order valence-corrected chi connectivity index (χ1v) is 8.76. The van der Waals surface area contributed by atoms with Gasteiger partial charge in [-0.2, -0.15) is 0 Å². The van der Waals surface area contributed by atoms with Crippen LogP contribution in [0.25, 0.3) is 27.9 Å². The van der Waals surface area contributed by atoms with E-state index in [0.717, 1.165) is 15.4 Å². The molecule has 0 spiro atoms. The highest BCUT2D eigenvalue weighted by molar-refractivity contribution is 9.10. The van der Waals surface area contributed by atoms with Crippen LogP contribution < -0.4 is 15.1 Å². The molecule has 7 nitrogen and oxygen atoms in total. The number of hydrogen-bond donors (Lipinski definition) is 0. The molecule has 0 aliphatic heterocycles. The molecule has 0 atom stereocenters. The number of fused-ring (bicyclic) bond motifs is 1. The third-order valence-electron chi connectivity index (χ3n) is 4.07. The van der Waals surface area contributed by atoms with Crippen LogP contribution in [0, 0.1) is 0 Å². The Balaban J connectivity index is 1.86. The summed E-state index contributed by atoms with van der Waals surface area (Å²) >= 11 is 3.44. The van der Waals surface area contributed by atoms with E-state index < -0.39 is 5.63 Å². The minimum atomic E-state index is -0.458. The van der Waals surface area contributed by atoms with Crippen molar-refractivity contribution in [3.63, 3.8) is 0 Å². The molecule has 0 unspecified atom stereocenters. The summed E-state index contributed by atoms with van der Waals surface area (Å²) in [7, 11) is 3.17. The third kappa shape index (κ3) is 3.31. The number of aromatic nitrogens is 3. The van der Waals surface area contributed by atoms with Crippen LogP contribution in [0.2, 0.25) is 0 Å². The highest BCUT2D eigenvalue weighted by Gasteiger charge is 2.13. The van der Waals surface area contributed by atoms with Crippen molar-refractivity contribution in [3.8, 4) is 28.4 Å². The summed E-state index contributed by atoms with van der Waals surface area (Å²) in [6, 6.07) is 12.2. The van der Waals surface area contributed by atoms with Gasteiger partial charge in [0, 0.05) is 21.5 Å². The van der Waals surface area contributed by atoms with Crippen molar-refractivity contribution < 1.29 is 13.9 Å². The molecule has 0 fully saturated rings. The lowest BCUT2D eigenvalue weighted by Gasteiger charge is -2.06. The van der Waals surface area contributed by atoms with Crippen molar-refractivity contribution in [1.82, 2.24) is 15.0 Å². The third-order valence-corrected chi connectivity index (χ3v) is 4.56. The lowest BCUT2D eigenvalue weighted by atomic mass is 10.1. The number of rotatable bonds is 4. The number of halogens is 1. The molecular formula is C19H14BrN3O4. The van der Waals surface area contributed by atoms with Gasteiger partial charge < -0.3 is 13.9 Å². The molecule has 2 heterocycles. The quantitative estimate of drug-likeness (QED) is 0.460. The smallest absolute Gasteiger partial charge is 0.338 e. The van der Waals surface area contributed by atoms with E-state index in [0.29, 0.717) is 28.5 Å². The Morgan fingerprint density at radius 2 is 1.78 bits per heavy atom. The Morgan fingerprint density at radius 3 is 2.48 bits per heavy atom. The van der Waals surface area contributed by atoms with Gasteiger partial charge in [0.05, 0.1) is 32.2 Å². The predicted molar refractivity (Wildman–Crippen MR) is 104 cm³/mol. The first-order chi connectivity index (χ1) is 13.1. The van der Waals surface area contributed by atoms with Gasteiger partial charge in [-0.3, -0.25) is 0 Å². The molecule has 2 aromatic carbocycles. The second-order valence-electron chi connectivity index (χ2n) is 5.74. The number of nitrogens with zero attached hydrogens (tertiary/aromatic N) is 3. The topological polar surface area (TPSA) is 79.4 Å². The molecule has 2 aromatic heterocycles. The average molecular weight is 428 g/mol. The number of methoxy groups -OCH3 is 2. The molecule has 0 bridgehead atoms. The molecule has 27 heavy (non-hydrogen) atoms. The van der Waals surface area contributed by atoms with Gasteiger partial charge >= 0.3 is 5.63 Å². The summed E-state index contributed by atoms with van der Waals surface area (Å²) in [6.45, 7) is 0. The summed E-state index contributed by atoms with van der Waals surface area (Å²) < 4.78 is 18.3. The number of ether oxygens (including phenoxy) is 2. The zero-order valence-corrected chi connectivity index (χ0v) is 16.1. The molecule has 0 saturated heterocycles. The lowest BCUT2D eigenvalue weighted by molar-refractivity contribution is 0.394. The Bertz CT molecular complexity index is 1180. The maximum absolute atomic E-state index is 11.9. The molecule has 0 aliphatic rings. The van der Waals surface area contributed by atoms with Gasteiger partial charge in [0.25, 0.3) is 0 Å². The normalized spacial score (nSPS) is 10.9. The second-order valence-corrected chi connectivity index (χ2v) is 6.66. The van der Waals surface area contributed by atoms with Crippen molar-refractivity contribution in [1.29, 1.82) is 0 Å². The lowest BCUT2D eigenvalue weighted by Crippen LogP contribution is -2.04. The molecule has 136 valence electrons. The molecule has 4 aromatic rings. The Labute approximate surface area is 162 Å². The van der Waals surface area contributed by atoms with Gasteiger partial charge in [-0.15, -0.1) is 5.10 Å². The van der Waals surface area contributed by atoms with Gasteiger partial charge in [-0.1, -0.05) is 21.1 Å². The summed E-state index contributed by atoms with van der Waals surface area (Å²) in [4.78, 5) is 11.9. The Morgan fingerprint density at radius 1 is 1.04 bits per heavy atom. The van der Waals surface area contributed by atoms with Crippen LogP contribution in [0.4, 0.5) is 0 Å². The van der Waals surface area contributed by atoms with Gasteiger partial charge in [0.1, 0.15) is 22.8 Å². The molecule has 0 radical (unpaired) electrons. The van der Waals surface area contributed by atoms with Crippen molar-refractivity contribution in [2.24, 2.45) is 0 Å². The van der Waals surface area contributed by atoms with Crippen molar-refractivity contribution >= 4 is 26.9 Å². The fourth-order valence-electron chi connectivity index (χ4n) is 2.78. The van der Waals surface area contributed by atoms with Crippen LogP contribution in [-0.2, 0) is 0 Å². The van der Waals surface area contributed by atoms with Crippen LogP contribution in [0.1, 0.15) is 0 Å². The minimum Gasteiger partial charge on any atom is -0.497 e. The highest BCUT2D eigenvalue weighted by Crippen LogP contribution is 2.30. The monoisotopic (exact) mass is 427 g/mol. The summed E-state index contributed by atoms with van der Waals surface area (Å²) in [5, 5.41) is 9.15. The van der Waals surface area contributed by atoms with Crippen LogP contribution in [-0.4, -0.2) is 29.2 Å². The van der Waals surface area contributed by atoms with Crippen LogP contribution >= 0.6 is 15.9 Å². The first kappa shape index (κ1) is 17.3. The van der Waals surface area contributed by atoms with Gasteiger partial charge in [-0.25, -0.2) is 9.48 Å². The minimum absolute atomic E-state index is 0.458. The Hall–Kier alpha value is -3.13.